The minimum atomic E-state index is -0.321. The summed E-state index contributed by atoms with van der Waals surface area (Å²) < 4.78 is 15.5. The topological polar surface area (TPSA) is 99.0 Å². The zero-order valence-corrected chi connectivity index (χ0v) is 21.1. The number of aromatic nitrogens is 6. The molecule has 2 bridgehead atoms. The quantitative estimate of drug-likeness (QED) is 0.368. The zero-order valence-electron chi connectivity index (χ0n) is 21.1. The molecule has 5 aromatic rings. The SMILES string of the molecule is Cc1nn(C)cc1-c1cc2c(-c3ccc(N4CC5CC(C4)N5Cc4cc(F)ccc4O)nc3)ncnc2[nH]1. The van der Waals surface area contributed by atoms with Crippen LogP contribution in [-0.4, -0.2) is 64.9 Å². The molecular weight excluding hydrogens is 483 g/mol. The lowest BCUT2D eigenvalue weighted by Crippen LogP contribution is -2.68. The number of rotatable bonds is 5. The van der Waals surface area contributed by atoms with Crippen LogP contribution in [-0.2, 0) is 13.6 Å². The molecule has 3 saturated heterocycles. The Morgan fingerprint density at radius 1 is 1.08 bits per heavy atom. The number of hydrogen-bond donors (Lipinski definition) is 2. The molecule has 0 saturated carbocycles. The molecule has 2 unspecified atom stereocenters. The average Bonchev–Trinajstić information content (AvgIpc) is 3.51. The summed E-state index contributed by atoms with van der Waals surface area (Å²) in [6.07, 6.45) is 6.55. The van der Waals surface area contributed by atoms with Crippen molar-refractivity contribution in [1.29, 1.82) is 0 Å². The van der Waals surface area contributed by atoms with Crippen LogP contribution in [0.2, 0.25) is 0 Å². The number of anilines is 1. The molecule has 38 heavy (non-hydrogen) atoms. The predicted octanol–water partition coefficient (Wildman–Crippen LogP) is 4.04. The first-order chi connectivity index (χ1) is 18.4. The van der Waals surface area contributed by atoms with Gasteiger partial charge in [-0.3, -0.25) is 9.58 Å². The second-order valence-corrected chi connectivity index (χ2v) is 10.3. The van der Waals surface area contributed by atoms with Crippen LogP contribution in [0.4, 0.5) is 10.2 Å². The molecule has 3 aliphatic rings. The molecule has 3 aliphatic heterocycles. The maximum absolute atomic E-state index is 13.7. The van der Waals surface area contributed by atoms with Crippen LogP contribution in [0.5, 0.6) is 5.75 Å². The standard InChI is InChI=1S/C28H27FN8O/c1-16-23(14-35(2)34-16)24-9-22-27(31-15-32-28(22)33-24)17-3-6-26(30-10-17)36-12-20-8-21(13-36)37(20)11-18-7-19(29)4-5-25(18)38/h3-7,9-10,14-15,20-21,38H,8,11-13H2,1-2H3,(H,31,32,33). The smallest absolute Gasteiger partial charge is 0.141 e. The van der Waals surface area contributed by atoms with Crippen molar-refractivity contribution in [3.8, 4) is 28.3 Å². The van der Waals surface area contributed by atoms with Gasteiger partial charge in [-0.05, 0) is 49.7 Å². The van der Waals surface area contributed by atoms with E-state index in [9.17, 15) is 9.50 Å². The van der Waals surface area contributed by atoms with E-state index in [-0.39, 0.29) is 11.6 Å². The molecule has 9 nitrogen and oxygen atoms in total. The number of aryl methyl sites for hydroxylation is 2. The normalized spacial score (nSPS) is 19.2. The summed E-state index contributed by atoms with van der Waals surface area (Å²) in [5, 5.41) is 15.5. The van der Waals surface area contributed by atoms with Gasteiger partial charge < -0.3 is 15.0 Å². The Morgan fingerprint density at radius 3 is 2.66 bits per heavy atom. The number of halogens is 1. The lowest BCUT2D eigenvalue weighted by Gasteiger charge is -2.56. The first-order valence-corrected chi connectivity index (χ1v) is 12.7. The van der Waals surface area contributed by atoms with Gasteiger partial charge in [0.05, 0.1) is 17.1 Å². The van der Waals surface area contributed by atoms with Crippen LogP contribution < -0.4 is 4.90 Å². The fourth-order valence-corrected chi connectivity index (χ4v) is 5.90. The molecule has 7 heterocycles. The molecule has 0 amide bonds. The Bertz CT molecular complexity index is 1650. The molecule has 4 aromatic heterocycles. The summed E-state index contributed by atoms with van der Waals surface area (Å²) in [4.78, 5) is 21.9. The second-order valence-electron chi connectivity index (χ2n) is 10.3. The summed E-state index contributed by atoms with van der Waals surface area (Å²) >= 11 is 0. The zero-order chi connectivity index (χ0) is 26.0. The van der Waals surface area contributed by atoms with Crippen molar-refractivity contribution in [2.24, 2.45) is 7.05 Å². The van der Waals surface area contributed by atoms with E-state index in [4.69, 9.17) is 4.98 Å². The number of aromatic hydroxyl groups is 1. The Labute approximate surface area is 218 Å². The van der Waals surface area contributed by atoms with Crippen molar-refractivity contribution >= 4 is 16.9 Å². The van der Waals surface area contributed by atoms with E-state index in [1.54, 1.807) is 11.0 Å². The number of pyridine rings is 1. The highest BCUT2D eigenvalue weighted by atomic mass is 19.1. The molecular formula is C28H27FN8O. The number of piperidine rings is 1. The summed E-state index contributed by atoms with van der Waals surface area (Å²) in [5.41, 5.74) is 6.12. The van der Waals surface area contributed by atoms with Crippen LogP contribution in [0.15, 0.2) is 55.1 Å². The van der Waals surface area contributed by atoms with Crippen LogP contribution in [0.3, 0.4) is 0 Å². The number of hydrogen-bond acceptors (Lipinski definition) is 7. The second kappa shape index (κ2) is 8.63. The van der Waals surface area contributed by atoms with Gasteiger partial charge >= 0.3 is 0 Å². The van der Waals surface area contributed by atoms with Gasteiger partial charge in [-0.15, -0.1) is 0 Å². The largest absolute Gasteiger partial charge is 0.508 e. The number of nitrogens with one attached hydrogen (secondary N) is 1. The van der Waals surface area contributed by atoms with Crippen molar-refractivity contribution < 1.29 is 9.50 Å². The number of fused-ring (bicyclic) bond motifs is 3. The third kappa shape index (κ3) is 3.79. The summed E-state index contributed by atoms with van der Waals surface area (Å²) in [5.74, 6) is 0.760. The van der Waals surface area contributed by atoms with Crippen LogP contribution in [0.25, 0.3) is 33.5 Å². The van der Waals surface area contributed by atoms with Gasteiger partial charge in [0.2, 0.25) is 0 Å². The molecule has 1 aromatic carbocycles. The van der Waals surface area contributed by atoms with Gasteiger partial charge in [0.1, 0.15) is 29.4 Å². The molecule has 0 radical (unpaired) electrons. The lowest BCUT2D eigenvalue weighted by molar-refractivity contribution is -0.00921. The van der Waals surface area contributed by atoms with Crippen molar-refractivity contribution in [2.75, 3.05) is 18.0 Å². The van der Waals surface area contributed by atoms with E-state index in [0.717, 1.165) is 64.6 Å². The summed E-state index contributed by atoms with van der Waals surface area (Å²) in [6.45, 7) is 4.25. The predicted molar refractivity (Wildman–Crippen MR) is 142 cm³/mol. The maximum Gasteiger partial charge on any atom is 0.141 e. The van der Waals surface area contributed by atoms with E-state index >= 15 is 0 Å². The minimum absolute atomic E-state index is 0.148. The molecule has 192 valence electrons. The Morgan fingerprint density at radius 2 is 1.92 bits per heavy atom. The first-order valence-electron chi connectivity index (χ1n) is 12.7. The van der Waals surface area contributed by atoms with E-state index in [1.807, 2.05) is 26.4 Å². The fraction of sp³-hybridized carbons (Fsp3) is 0.286. The maximum atomic E-state index is 13.7. The van der Waals surface area contributed by atoms with Gasteiger partial charge in [0.15, 0.2) is 0 Å². The number of piperazine rings is 1. The van der Waals surface area contributed by atoms with Crippen molar-refractivity contribution in [3.05, 3.63) is 72.2 Å². The van der Waals surface area contributed by atoms with E-state index < -0.39 is 0 Å². The third-order valence-electron chi connectivity index (χ3n) is 7.81. The van der Waals surface area contributed by atoms with Crippen molar-refractivity contribution in [1.82, 2.24) is 34.6 Å². The number of phenolic OH excluding ortho intramolecular Hbond substituents is 1. The Balaban J connectivity index is 1.09. The molecule has 3 fully saturated rings. The molecule has 8 rings (SSSR count). The van der Waals surface area contributed by atoms with Crippen LogP contribution in [0.1, 0.15) is 17.7 Å². The van der Waals surface area contributed by atoms with Crippen LogP contribution in [0, 0.1) is 12.7 Å². The number of nitrogens with zero attached hydrogens (tertiary/aromatic N) is 7. The molecule has 2 N–H and O–H groups in total. The molecule has 2 atom stereocenters. The number of phenols is 1. The van der Waals surface area contributed by atoms with E-state index in [2.05, 4.69) is 48.0 Å². The summed E-state index contributed by atoms with van der Waals surface area (Å²) in [7, 11) is 1.91. The van der Waals surface area contributed by atoms with Gasteiger partial charge in [-0.2, -0.15) is 5.10 Å². The minimum Gasteiger partial charge on any atom is -0.508 e. The van der Waals surface area contributed by atoms with Gasteiger partial charge in [0.25, 0.3) is 0 Å². The fourth-order valence-electron chi connectivity index (χ4n) is 5.90. The highest BCUT2D eigenvalue weighted by Gasteiger charge is 2.44. The van der Waals surface area contributed by atoms with Gasteiger partial charge in [-0.1, -0.05) is 0 Å². The van der Waals surface area contributed by atoms with Gasteiger partial charge in [-0.25, -0.2) is 19.3 Å². The Kier molecular flexibility index (Phi) is 5.19. The van der Waals surface area contributed by atoms with E-state index in [0.29, 0.717) is 24.2 Å². The number of aromatic amines is 1. The van der Waals surface area contributed by atoms with E-state index in [1.165, 1.54) is 18.2 Å². The lowest BCUT2D eigenvalue weighted by atomic mass is 9.86. The summed E-state index contributed by atoms with van der Waals surface area (Å²) in [6, 6.07) is 11.0. The first kappa shape index (κ1) is 22.9. The van der Waals surface area contributed by atoms with Crippen LogP contribution >= 0.6 is 0 Å². The Hall–Kier alpha value is -4.31. The highest BCUT2D eigenvalue weighted by Crippen LogP contribution is 2.37. The number of benzene rings is 1. The molecule has 0 aliphatic carbocycles. The highest BCUT2D eigenvalue weighted by molar-refractivity contribution is 5.94. The van der Waals surface area contributed by atoms with Crippen molar-refractivity contribution in [2.45, 2.75) is 32.0 Å². The average molecular weight is 511 g/mol. The third-order valence-corrected chi connectivity index (χ3v) is 7.81. The molecule has 0 spiro atoms. The van der Waals surface area contributed by atoms with Gasteiger partial charge in [0, 0.05) is 73.2 Å². The van der Waals surface area contributed by atoms with Crippen molar-refractivity contribution in [3.63, 3.8) is 0 Å². The molecule has 10 heteroatoms. The number of H-pyrrole nitrogens is 1. The monoisotopic (exact) mass is 510 g/mol.